The third-order valence-corrected chi connectivity index (χ3v) is 6.24. The number of nitrogens with one attached hydrogen (secondary N) is 2. The zero-order valence-electron chi connectivity index (χ0n) is 19.3. The number of amides is 2. The molecular weight excluding hydrogens is 456 g/mol. The van der Waals surface area contributed by atoms with Crippen LogP contribution in [0.15, 0.2) is 59.8 Å². The Morgan fingerprint density at radius 2 is 1.88 bits per heavy atom. The molecule has 2 amide bonds. The van der Waals surface area contributed by atoms with Gasteiger partial charge < -0.3 is 25.0 Å². The second-order valence-corrected chi connectivity index (χ2v) is 8.60. The molecule has 0 radical (unpaired) electrons. The van der Waals surface area contributed by atoms with Gasteiger partial charge in [-0.05, 0) is 42.8 Å². The summed E-state index contributed by atoms with van der Waals surface area (Å²) in [6, 6.07) is 14.2. The molecule has 1 atom stereocenters. The zero-order chi connectivity index (χ0) is 24.1. The fourth-order valence-corrected chi connectivity index (χ4v) is 4.51. The summed E-state index contributed by atoms with van der Waals surface area (Å²) in [6.45, 7) is 5.63. The Bertz CT molecular complexity index is 1080. The van der Waals surface area contributed by atoms with Gasteiger partial charge in [0.2, 0.25) is 0 Å². The lowest BCUT2D eigenvalue weighted by molar-refractivity contribution is -0.139. The minimum atomic E-state index is -0.634. The third-order valence-electron chi connectivity index (χ3n) is 6.00. The summed E-state index contributed by atoms with van der Waals surface area (Å²) in [5.74, 6) is 0.197. The highest BCUT2D eigenvalue weighted by Crippen LogP contribution is 2.30. The van der Waals surface area contributed by atoms with Crippen molar-refractivity contribution in [1.29, 1.82) is 0 Å². The third kappa shape index (κ3) is 5.46. The maximum Gasteiger partial charge on any atom is 0.338 e. The summed E-state index contributed by atoms with van der Waals surface area (Å²) in [5.41, 5.74) is 2.81. The SMILES string of the molecule is CCOC(=O)C1=C(CN2CCN(c3cccc(Cl)c3)CC2)NC(=O)NC1c1cccc(OC)c1. The molecule has 2 aliphatic heterocycles. The predicted molar refractivity (Wildman–Crippen MR) is 131 cm³/mol. The van der Waals surface area contributed by atoms with Crippen molar-refractivity contribution in [2.24, 2.45) is 0 Å². The average Bonchev–Trinajstić information content (AvgIpc) is 2.84. The van der Waals surface area contributed by atoms with Gasteiger partial charge in [0, 0.05) is 49.1 Å². The van der Waals surface area contributed by atoms with Crippen LogP contribution >= 0.6 is 11.6 Å². The quantitative estimate of drug-likeness (QED) is 0.586. The molecule has 1 fully saturated rings. The second kappa shape index (κ2) is 10.8. The van der Waals surface area contributed by atoms with Crippen LogP contribution in [0.4, 0.5) is 10.5 Å². The maximum atomic E-state index is 13.0. The first-order chi connectivity index (χ1) is 16.5. The second-order valence-electron chi connectivity index (χ2n) is 8.16. The van der Waals surface area contributed by atoms with E-state index in [1.807, 2.05) is 42.5 Å². The van der Waals surface area contributed by atoms with E-state index in [1.165, 1.54) is 0 Å². The summed E-state index contributed by atoms with van der Waals surface area (Å²) in [7, 11) is 1.58. The standard InChI is InChI=1S/C25H29ClN4O4/c1-3-34-24(31)22-21(27-25(32)28-23(22)17-6-4-9-20(14-17)33-2)16-29-10-12-30(13-11-29)19-8-5-7-18(26)15-19/h4-9,14-15,23H,3,10-13,16H2,1-2H3,(H2,27,28,32). The first-order valence-electron chi connectivity index (χ1n) is 11.3. The Kier molecular flexibility index (Phi) is 7.59. The molecule has 0 aromatic heterocycles. The van der Waals surface area contributed by atoms with E-state index in [0.29, 0.717) is 28.6 Å². The molecule has 0 bridgehead atoms. The maximum absolute atomic E-state index is 13.0. The van der Waals surface area contributed by atoms with Crippen LogP contribution in [0.5, 0.6) is 5.75 Å². The van der Waals surface area contributed by atoms with E-state index in [9.17, 15) is 9.59 Å². The highest BCUT2D eigenvalue weighted by atomic mass is 35.5. The number of nitrogens with zero attached hydrogens (tertiary/aromatic N) is 2. The molecule has 180 valence electrons. The molecule has 0 saturated carbocycles. The molecule has 1 saturated heterocycles. The number of carbonyl (C=O) groups is 2. The molecule has 2 aromatic rings. The van der Waals surface area contributed by atoms with E-state index in [2.05, 4.69) is 26.5 Å². The van der Waals surface area contributed by atoms with Gasteiger partial charge in [-0.1, -0.05) is 29.8 Å². The molecular formula is C25H29ClN4O4. The summed E-state index contributed by atoms with van der Waals surface area (Å²) in [5, 5.41) is 6.44. The number of esters is 1. The number of halogens is 1. The van der Waals surface area contributed by atoms with E-state index in [1.54, 1.807) is 14.0 Å². The molecule has 2 aromatic carbocycles. The number of anilines is 1. The lowest BCUT2D eigenvalue weighted by Gasteiger charge is -2.38. The fraction of sp³-hybridized carbons (Fsp3) is 0.360. The van der Waals surface area contributed by atoms with Gasteiger partial charge in [-0.2, -0.15) is 0 Å². The summed E-state index contributed by atoms with van der Waals surface area (Å²) >= 11 is 6.15. The normalized spacial score (nSPS) is 18.9. The Labute approximate surface area is 204 Å². The average molecular weight is 485 g/mol. The molecule has 2 heterocycles. The Hall–Kier alpha value is -3.23. The van der Waals surface area contributed by atoms with Crippen LogP contribution in [0.2, 0.25) is 5.02 Å². The van der Waals surface area contributed by atoms with E-state index in [4.69, 9.17) is 21.1 Å². The number of hydrogen-bond acceptors (Lipinski definition) is 6. The van der Waals surface area contributed by atoms with Gasteiger partial charge in [-0.15, -0.1) is 0 Å². The van der Waals surface area contributed by atoms with Crippen molar-refractivity contribution in [3.05, 3.63) is 70.4 Å². The van der Waals surface area contributed by atoms with Crippen LogP contribution in [0, 0.1) is 0 Å². The van der Waals surface area contributed by atoms with Crippen LogP contribution < -0.4 is 20.3 Å². The Balaban J connectivity index is 1.57. The van der Waals surface area contributed by atoms with Gasteiger partial charge in [-0.25, -0.2) is 9.59 Å². The number of hydrogen-bond donors (Lipinski definition) is 2. The van der Waals surface area contributed by atoms with Gasteiger partial charge in [0.15, 0.2) is 0 Å². The number of benzene rings is 2. The summed E-state index contributed by atoms with van der Waals surface area (Å²) in [4.78, 5) is 30.1. The van der Waals surface area contributed by atoms with Crippen molar-refractivity contribution in [2.75, 3.05) is 51.3 Å². The highest BCUT2D eigenvalue weighted by molar-refractivity contribution is 6.30. The van der Waals surface area contributed by atoms with E-state index < -0.39 is 12.0 Å². The Morgan fingerprint density at radius 3 is 2.59 bits per heavy atom. The van der Waals surface area contributed by atoms with E-state index in [0.717, 1.165) is 37.4 Å². The van der Waals surface area contributed by atoms with E-state index >= 15 is 0 Å². The van der Waals surface area contributed by atoms with Crippen molar-refractivity contribution in [3.8, 4) is 5.75 Å². The van der Waals surface area contributed by atoms with Gasteiger partial charge in [0.1, 0.15) is 5.75 Å². The van der Waals surface area contributed by atoms with Crippen molar-refractivity contribution in [2.45, 2.75) is 13.0 Å². The molecule has 2 aliphatic rings. The number of methoxy groups -OCH3 is 1. The monoisotopic (exact) mass is 484 g/mol. The molecule has 0 spiro atoms. The molecule has 2 N–H and O–H groups in total. The minimum absolute atomic E-state index is 0.243. The Morgan fingerprint density at radius 1 is 1.12 bits per heavy atom. The first-order valence-corrected chi connectivity index (χ1v) is 11.7. The highest BCUT2D eigenvalue weighted by Gasteiger charge is 2.35. The lowest BCUT2D eigenvalue weighted by atomic mass is 9.94. The fourth-order valence-electron chi connectivity index (χ4n) is 4.32. The van der Waals surface area contributed by atoms with Crippen LogP contribution in [0.3, 0.4) is 0 Å². The molecule has 0 aliphatic carbocycles. The van der Waals surface area contributed by atoms with Crippen molar-refractivity contribution in [3.63, 3.8) is 0 Å². The van der Waals surface area contributed by atoms with Gasteiger partial charge in [0.25, 0.3) is 0 Å². The van der Waals surface area contributed by atoms with Crippen LogP contribution in [-0.4, -0.2) is 63.3 Å². The van der Waals surface area contributed by atoms with Crippen LogP contribution in [0.25, 0.3) is 0 Å². The molecule has 4 rings (SSSR count). The van der Waals surface area contributed by atoms with Crippen molar-refractivity contribution >= 4 is 29.3 Å². The number of piperazine rings is 1. The minimum Gasteiger partial charge on any atom is -0.497 e. The van der Waals surface area contributed by atoms with Crippen LogP contribution in [0.1, 0.15) is 18.5 Å². The zero-order valence-corrected chi connectivity index (χ0v) is 20.1. The van der Waals surface area contributed by atoms with Crippen molar-refractivity contribution in [1.82, 2.24) is 15.5 Å². The smallest absolute Gasteiger partial charge is 0.338 e. The number of urea groups is 1. The molecule has 9 heteroatoms. The topological polar surface area (TPSA) is 83.1 Å². The number of rotatable bonds is 7. The largest absolute Gasteiger partial charge is 0.497 e. The van der Waals surface area contributed by atoms with Gasteiger partial charge in [0.05, 0.1) is 25.3 Å². The van der Waals surface area contributed by atoms with E-state index in [-0.39, 0.29) is 12.6 Å². The molecule has 34 heavy (non-hydrogen) atoms. The van der Waals surface area contributed by atoms with Gasteiger partial charge in [-0.3, -0.25) is 4.90 Å². The number of ether oxygens (including phenoxy) is 2. The van der Waals surface area contributed by atoms with Crippen LogP contribution in [-0.2, 0) is 9.53 Å². The number of carbonyl (C=O) groups excluding carboxylic acids is 2. The van der Waals surface area contributed by atoms with Gasteiger partial charge >= 0.3 is 12.0 Å². The molecule has 1 unspecified atom stereocenters. The lowest BCUT2D eigenvalue weighted by Crippen LogP contribution is -2.51. The summed E-state index contributed by atoms with van der Waals surface area (Å²) < 4.78 is 10.7. The first kappa shape index (κ1) is 23.9. The predicted octanol–water partition coefficient (Wildman–Crippen LogP) is 3.34. The summed E-state index contributed by atoms with van der Waals surface area (Å²) in [6.07, 6.45) is 0. The molecule has 8 nitrogen and oxygen atoms in total. The van der Waals surface area contributed by atoms with Crippen molar-refractivity contribution < 1.29 is 19.1 Å².